The van der Waals surface area contributed by atoms with Crippen molar-refractivity contribution in [2.24, 2.45) is 0 Å². The molecular weight excluding hydrogens is 246 g/mol. The molecule has 0 saturated carbocycles. The zero-order valence-electron chi connectivity index (χ0n) is 11.4. The van der Waals surface area contributed by atoms with E-state index in [0.29, 0.717) is 11.3 Å². The number of aromatic carboxylic acids is 1. The van der Waals surface area contributed by atoms with E-state index in [4.69, 9.17) is 9.84 Å². The van der Waals surface area contributed by atoms with Gasteiger partial charge in [0.1, 0.15) is 5.75 Å². The Kier molecular flexibility index (Phi) is 5.36. The molecule has 104 valence electrons. The van der Waals surface area contributed by atoms with Gasteiger partial charge in [-0.1, -0.05) is 6.07 Å². The van der Waals surface area contributed by atoms with E-state index in [2.05, 4.69) is 5.32 Å². The van der Waals surface area contributed by atoms with Crippen LogP contribution in [0.3, 0.4) is 0 Å². The van der Waals surface area contributed by atoms with Crippen molar-refractivity contribution in [2.75, 3.05) is 6.61 Å². The van der Waals surface area contributed by atoms with Gasteiger partial charge in [0, 0.05) is 11.6 Å². The standard InChI is InChI=1S/C14H19NO4/c1-9(2)15-13(16)7-8-19-12-6-4-5-11(10(12)3)14(17)18/h4-6,9H,7-8H2,1-3H3,(H,15,16)(H,17,18). The molecule has 19 heavy (non-hydrogen) atoms. The Balaban J connectivity index is 2.57. The summed E-state index contributed by atoms with van der Waals surface area (Å²) < 4.78 is 5.46. The fourth-order valence-corrected chi connectivity index (χ4v) is 1.65. The minimum atomic E-state index is -0.986. The van der Waals surface area contributed by atoms with Crippen LogP contribution in [0.4, 0.5) is 0 Å². The van der Waals surface area contributed by atoms with E-state index in [1.165, 1.54) is 6.07 Å². The predicted octanol–water partition coefficient (Wildman–Crippen LogP) is 1.99. The van der Waals surface area contributed by atoms with E-state index in [9.17, 15) is 9.59 Å². The number of rotatable bonds is 6. The smallest absolute Gasteiger partial charge is 0.336 e. The van der Waals surface area contributed by atoms with Gasteiger partial charge in [-0.05, 0) is 32.9 Å². The van der Waals surface area contributed by atoms with Crippen LogP contribution in [0.2, 0.25) is 0 Å². The summed E-state index contributed by atoms with van der Waals surface area (Å²) >= 11 is 0. The average Bonchev–Trinajstić information content (AvgIpc) is 2.30. The lowest BCUT2D eigenvalue weighted by atomic mass is 10.1. The number of benzene rings is 1. The third-order valence-electron chi connectivity index (χ3n) is 2.55. The summed E-state index contributed by atoms with van der Waals surface area (Å²) in [4.78, 5) is 22.4. The molecule has 0 aromatic heterocycles. The number of hydrogen-bond acceptors (Lipinski definition) is 3. The molecule has 0 bridgehead atoms. The number of carbonyl (C=O) groups is 2. The third-order valence-corrected chi connectivity index (χ3v) is 2.55. The maximum Gasteiger partial charge on any atom is 0.336 e. The second-order valence-electron chi connectivity index (χ2n) is 4.55. The van der Waals surface area contributed by atoms with Crippen LogP contribution in [-0.2, 0) is 4.79 Å². The second kappa shape index (κ2) is 6.78. The molecule has 1 rings (SSSR count). The number of nitrogens with one attached hydrogen (secondary N) is 1. The van der Waals surface area contributed by atoms with Gasteiger partial charge in [-0.25, -0.2) is 4.79 Å². The van der Waals surface area contributed by atoms with Crippen molar-refractivity contribution >= 4 is 11.9 Å². The molecule has 5 heteroatoms. The highest BCUT2D eigenvalue weighted by Gasteiger charge is 2.11. The lowest BCUT2D eigenvalue weighted by Gasteiger charge is -2.12. The van der Waals surface area contributed by atoms with Crippen LogP contribution in [-0.4, -0.2) is 29.6 Å². The Hall–Kier alpha value is -2.04. The SMILES string of the molecule is Cc1c(OCCC(=O)NC(C)C)cccc1C(=O)O. The quantitative estimate of drug-likeness (QED) is 0.824. The highest BCUT2D eigenvalue weighted by molar-refractivity contribution is 5.90. The van der Waals surface area contributed by atoms with Crippen molar-refractivity contribution in [3.63, 3.8) is 0 Å². The molecule has 0 radical (unpaired) electrons. The van der Waals surface area contributed by atoms with Crippen LogP contribution in [0, 0.1) is 6.92 Å². The molecule has 5 nitrogen and oxygen atoms in total. The average molecular weight is 265 g/mol. The molecule has 0 aliphatic carbocycles. The van der Waals surface area contributed by atoms with Crippen molar-refractivity contribution in [3.8, 4) is 5.75 Å². The Bertz CT molecular complexity index is 469. The molecule has 0 spiro atoms. The third kappa shape index (κ3) is 4.62. The summed E-state index contributed by atoms with van der Waals surface area (Å²) in [6.07, 6.45) is 0.245. The molecule has 1 amide bonds. The first-order valence-electron chi connectivity index (χ1n) is 6.17. The lowest BCUT2D eigenvalue weighted by molar-refractivity contribution is -0.122. The largest absolute Gasteiger partial charge is 0.493 e. The molecule has 0 aliphatic heterocycles. The van der Waals surface area contributed by atoms with E-state index in [-0.39, 0.29) is 30.5 Å². The van der Waals surface area contributed by atoms with Crippen LogP contribution in [0.5, 0.6) is 5.75 Å². The fraction of sp³-hybridized carbons (Fsp3) is 0.429. The predicted molar refractivity (Wildman–Crippen MR) is 71.5 cm³/mol. The minimum absolute atomic E-state index is 0.0814. The van der Waals surface area contributed by atoms with E-state index in [1.807, 2.05) is 13.8 Å². The number of carboxylic acids is 1. The van der Waals surface area contributed by atoms with Gasteiger partial charge in [-0.15, -0.1) is 0 Å². The van der Waals surface area contributed by atoms with Gasteiger partial charge in [0.05, 0.1) is 18.6 Å². The van der Waals surface area contributed by atoms with E-state index in [1.54, 1.807) is 19.1 Å². The molecular formula is C14H19NO4. The number of carbonyl (C=O) groups excluding carboxylic acids is 1. The van der Waals surface area contributed by atoms with E-state index >= 15 is 0 Å². The van der Waals surface area contributed by atoms with Crippen LogP contribution in [0.15, 0.2) is 18.2 Å². The van der Waals surface area contributed by atoms with Crippen molar-refractivity contribution in [3.05, 3.63) is 29.3 Å². The normalized spacial score (nSPS) is 10.3. The molecule has 0 atom stereocenters. The number of hydrogen-bond donors (Lipinski definition) is 2. The molecule has 1 aromatic carbocycles. The lowest BCUT2D eigenvalue weighted by Crippen LogP contribution is -2.31. The van der Waals surface area contributed by atoms with Crippen LogP contribution < -0.4 is 10.1 Å². The molecule has 0 fully saturated rings. The summed E-state index contributed by atoms with van der Waals surface area (Å²) in [5, 5.41) is 11.7. The summed E-state index contributed by atoms with van der Waals surface area (Å²) in [5.74, 6) is -0.570. The highest BCUT2D eigenvalue weighted by Crippen LogP contribution is 2.21. The first-order valence-corrected chi connectivity index (χ1v) is 6.17. The maximum absolute atomic E-state index is 11.4. The van der Waals surface area contributed by atoms with Gasteiger partial charge in [-0.3, -0.25) is 4.79 Å². The Morgan fingerprint density at radius 3 is 2.63 bits per heavy atom. The summed E-state index contributed by atoms with van der Waals surface area (Å²) in [7, 11) is 0. The molecule has 0 aliphatic rings. The van der Waals surface area contributed by atoms with Gasteiger partial charge < -0.3 is 15.2 Å². The monoisotopic (exact) mass is 265 g/mol. The van der Waals surface area contributed by atoms with Gasteiger partial charge in [0.25, 0.3) is 0 Å². The first kappa shape index (κ1) is 15.0. The van der Waals surface area contributed by atoms with Crippen molar-refractivity contribution < 1.29 is 19.4 Å². The highest BCUT2D eigenvalue weighted by atomic mass is 16.5. The second-order valence-corrected chi connectivity index (χ2v) is 4.55. The van der Waals surface area contributed by atoms with Crippen LogP contribution in [0.1, 0.15) is 36.2 Å². The van der Waals surface area contributed by atoms with Gasteiger partial charge in [0.15, 0.2) is 0 Å². The van der Waals surface area contributed by atoms with Crippen LogP contribution >= 0.6 is 0 Å². The maximum atomic E-state index is 11.4. The Morgan fingerprint density at radius 1 is 1.37 bits per heavy atom. The van der Waals surface area contributed by atoms with Gasteiger partial charge in [0.2, 0.25) is 5.91 Å². The van der Waals surface area contributed by atoms with Crippen molar-refractivity contribution in [1.29, 1.82) is 0 Å². The molecule has 0 saturated heterocycles. The van der Waals surface area contributed by atoms with E-state index < -0.39 is 5.97 Å². The summed E-state index contributed by atoms with van der Waals surface area (Å²) in [5.41, 5.74) is 0.781. The molecule has 2 N–H and O–H groups in total. The Morgan fingerprint density at radius 2 is 2.05 bits per heavy atom. The van der Waals surface area contributed by atoms with Crippen molar-refractivity contribution in [2.45, 2.75) is 33.2 Å². The van der Waals surface area contributed by atoms with Crippen molar-refractivity contribution in [1.82, 2.24) is 5.32 Å². The molecule has 1 aromatic rings. The van der Waals surface area contributed by atoms with E-state index in [0.717, 1.165) is 0 Å². The number of amides is 1. The topological polar surface area (TPSA) is 75.6 Å². The number of ether oxygens (including phenoxy) is 1. The molecule has 0 unspecified atom stereocenters. The number of carboxylic acid groups (broad SMARTS) is 1. The van der Waals surface area contributed by atoms with Crippen LogP contribution in [0.25, 0.3) is 0 Å². The minimum Gasteiger partial charge on any atom is -0.493 e. The summed E-state index contributed by atoms with van der Waals surface area (Å²) in [6.45, 7) is 5.69. The fourth-order valence-electron chi connectivity index (χ4n) is 1.65. The molecule has 0 heterocycles. The van der Waals surface area contributed by atoms with Gasteiger partial charge in [-0.2, -0.15) is 0 Å². The first-order chi connectivity index (χ1) is 8.91. The van der Waals surface area contributed by atoms with Gasteiger partial charge >= 0.3 is 5.97 Å². The Labute approximate surface area is 112 Å². The summed E-state index contributed by atoms with van der Waals surface area (Å²) in [6, 6.07) is 4.95. The zero-order valence-corrected chi connectivity index (χ0v) is 11.4. The zero-order chi connectivity index (χ0) is 14.4.